The van der Waals surface area contributed by atoms with Gasteiger partial charge in [0.2, 0.25) is 0 Å². The molecular formula is C11H14N2O8S2. The number of aromatic carboxylic acids is 1. The molecule has 1 heterocycles. The van der Waals surface area contributed by atoms with Gasteiger partial charge in [0, 0.05) is 0 Å². The summed E-state index contributed by atoms with van der Waals surface area (Å²) in [4.78, 5) is 15.3. The Morgan fingerprint density at radius 3 is 2.35 bits per heavy atom. The molecule has 1 aliphatic rings. The van der Waals surface area contributed by atoms with E-state index in [0.29, 0.717) is 4.47 Å². The fourth-order valence-electron chi connectivity index (χ4n) is 1.70. The van der Waals surface area contributed by atoms with Gasteiger partial charge in [0.05, 0.1) is 36.8 Å². The van der Waals surface area contributed by atoms with E-state index in [9.17, 15) is 21.6 Å². The van der Waals surface area contributed by atoms with Crippen LogP contribution in [0.15, 0.2) is 29.2 Å². The van der Waals surface area contributed by atoms with Crippen LogP contribution >= 0.6 is 0 Å². The molecule has 0 atom stereocenters. The molecule has 0 amide bonds. The largest absolute Gasteiger partial charge is 0.478 e. The Hall–Kier alpha value is -1.57. The summed E-state index contributed by atoms with van der Waals surface area (Å²) in [6.07, 6.45) is 0. The molecule has 0 bridgehead atoms. The van der Waals surface area contributed by atoms with E-state index in [1.165, 1.54) is 4.13 Å². The first-order chi connectivity index (χ1) is 10.7. The molecule has 1 saturated heterocycles. The lowest BCUT2D eigenvalue weighted by molar-refractivity contribution is -0.0722. The van der Waals surface area contributed by atoms with E-state index in [-0.39, 0.29) is 31.9 Å². The smallest absolute Gasteiger partial charge is 0.335 e. The van der Waals surface area contributed by atoms with Crippen molar-refractivity contribution in [3.63, 3.8) is 0 Å². The zero-order valence-electron chi connectivity index (χ0n) is 11.7. The van der Waals surface area contributed by atoms with Gasteiger partial charge in [-0.1, -0.05) is 8.60 Å². The lowest BCUT2D eigenvalue weighted by Crippen LogP contribution is -2.44. The minimum atomic E-state index is -4.46. The van der Waals surface area contributed by atoms with Crippen molar-refractivity contribution in [3.8, 4) is 0 Å². The molecule has 2 N–H and O–H groups in total. The van der Waals surface area contributed by atoms with Gasteiger partial charge in [-0.05, 0) is 24.3 Å². The van der Waals surface area contributed by atoms with Crippen molar-refractivity contribution in [3.05, 3.63) is 29.8 Å². The molecule has 0 aromatic heterocycles. The maximum Gasteiger partial charge on any atom is 0.335 e. The summed E-state index contributed by atoms with van der Waals surface area (Å²) >= 11 is 0. The Bertz CT molecular complexity index is 765. The number of nitrogens with one attached hydrogen (secondary N) is 1. The summed E-state index contributed by atoms with van der Waals surface area (Å²) in [5.74, 6) is -1.23. The van der Waals surface area contributed by atoms with Gasteiger partial charge in [-0.2, -0.15) is 8.42 Å². The first-order valence-electron chi connectivity index (χ1n) is 6.33. The van der Waals surface area contributed by atoms with E-state index in [2.05, 4.69) is 0 Å². The van der Waals surface area contributed by atoms with Crippen LogP contribution in [-0.2, 0) is 29.8 Å². The maximum atomic E-state index is 12.1. The Morgan fingerprint density at radius 2 is 1.74 bits per heavy atom. The highest BCUT2D eigenvalue weighted by Gasteiger charge is 2.30. The molecule has 10 nitrogen and oxygen atoms in total. The molecule has 23 heavy (non-hydrogen) atoms. The van der Waals surface area contributed by atoms with Crippen molar-refractivity contribution in [1.82, 2.24) is 8.60 Å². The molecule has 0 spiro atoms. The summed E-state index contributed by atoms with van der Waals surface area (Å²) in [5, 5.41) is 8.77. The number of hydroxylamine groups is 1. The van der Waals surface area contributed by atoms with Gasteiger partial charge in [0.25, 0.3) is 10.0 Å². The minimum absolute atomic E-state index is 0.0335. The van der Waals surface area contributed by atoms with Gasteiger partial charge >= 0.3 is 16.2 Å². The van der Waals surface area contributed by atoms with Crippen molar-refractivity contribution in [1.29, 1.82) is 0 Å². The zero-order valence-corrected chi connectivity index (χ0v) is 13.3. The predicted molar refractivity (Wildman–Crippen MR) is 76.1 cm³/mol. The number of rotatable bonds is 5. The summed E-state index contributed by atoms with van der Waals surface area (Å²) < 4.78 is 55.4. The highest BCUT2D eigenvalue weighted by molar-refractivity contribution is 8.03. The lowest BCUT2D eigenvalue weighted by atomic mass is 10.2. The van der Waals surface area contributed by atoms with E-state index in [1.54, 1.807) is 0 Å². The second-order valence-corrected chi connectivity index (χ2v) is 7.90. The summed E-state index contributed by atoms with van der Waals surface area (Å²) in [6, 6.07) is 4.10. The third-order valence-electron chi connectivity index (χ3n) is 2.78. The van der Waals surface area contributed by atoms with Crippen LogP contribution in [0.1, 0.15) is 10.4 Å². The first kappa shape index (κ1) is 17.8. The average Bonchev–Trinajstić information content (AvgIpc) is 2.76. The second-order valence-electron chi connectivity index (χ2n) is 4.39. The quantitative estimate of drug-likeness (QED) is 0.688. The number of sulfonamides is 1. The SMILES string of the molecule is O=C(O)c1ccc(S(=O)(=O)NS(=O)(=O)N2CCOCCO2)cc1. The van der Waals surface area contributed by atoms with Crippen molar-refractivity contribution >= 4 is 26.2 Å². The number of nitrogens with zero attached hydrogens (tertiary/aromatic N) is 1. The Balaban J connectivity index is 2.20. The predicted octanol–water partition coefficient (Wildman–Crippen LogP) is -0.828. The first-order valence-corrected chi connectivity index (χ1v) is 9.25. The van der Waals surface area contributed by atoms with E-state index in [0.717, 1.165) is 24.3 Å². The van der Waals surface area contributed by atoms with Crippen molar-refractivity contribution in [2.75, 3.05) is 26.4 Å². The van der Waals surface area contributed by atoms with Crippen molar-refractivity contribution < 1.29 is 36.3 Å². The minimum Gasteiger partial charge on any atom is -0.478 e. The number of hydrogen-bond acceptors (Lipinski definition) is 7. The van der Waals surface area contributed by atoms with Crippen LogP contribution in [0.2, 0.25) is 0 Å². The molecule has 2 rings (SSSR count). The van der Waals surface area contributed by atoms with Gasteiger partial charge in [0.15, 0.2) is 0 Å². The van der Waals surface area contributed by atoms with Crippen molar-refractivity contribution in [2.45, 2.75) is 4.90 Å². The van der Waals surface area contributed by atoms with Gasteiger partial charge < -0.3 is 9.84 Å². The number of benzene rings is 1. The topological polar surface area (TPSA) is 139 Å². The van der Waals surface area contributed by atoms with Crippen LogP contribution < -0.4 is 4.13 Å². The molecule has 1 aromatic rings. The second kappa shape index (κ2) is 6.90. The monoisotopic (exact) mass is 366 g/mol. The molecular weight excluding hydrogens is 352 g/mol. The van der Waals surface area contributed by atoms with Crippen molar-refractivity contribution in [2.24, 2.45) is 0 Å². The molecule has 1 fully saturated rings. The molecule has 128 valence electrons. The summed E-state index contributed by atoms with van der Waals surface area (Å²) in [7, 11) is -8.88. The zero-order chi connectivity index (χ0) is 17.1. The van der Waals surface area contributed by atoms with Gasteiger partial charge in [-0.3, -0.25) is 4.84 Å². The number of carbonyl (C=O) groups is 1. The number of carboxylic acid groups (broad SMARTS) is 1. The molecule has 0 saturated carbocycles. The average molecular weight is 366 g/mol. The van der Waals surface area contributed by atoms with Crippen LogP contribution in [0.25, 0.3) is 0 Å². The number of hydrogen-bond donors (Lipinski definition) is 2. The molecule has 1 aromatic carbocycles. The summed E-state index contributed by atoms with van der Waals surface area (Å²) in [5.41, 5.74) is -0.125. The molecule has 1 aliphatic heterocycles. The Labute approximate surface area is 132 Å². The number of carboxylic acids is 1. The fraction of sp³-hybridized carbons (Fsp3) is 0.364. The van der Waals surface area contributed by atoms with E-state index in [4.69, 9.17) is 14.7 Å². The van der Waals surface area contributed by atoms with Crippen LogP contribution in [0.3, 0.4) is 0 Å². The van der Waals surface area contributed by atoms with Crippen LogP contribution in [0.4, 0.5) is 0 Å². The normalized spacial score (nSPS) is 17.6. The Kier molecular flexibility index (Phi) is 5.33. The van der Waals surface area contributed by atoms with Crippen LogP contribution in [-0.4, -0.2) is 58.7 Å². The molecule has 0 unspecified atom stereocenters. The standard InChI is InChI=1S/C11H14N2O8S2/c14-11(15)9-1-3-10(4-2-9)22(16,17)12-23(18,19)13-5-6-20-7-8-21-13/h1-4,12H,5-8H2,(H,14,15). The molecule has 12 heteroatoms. The maximum absolute atomic E-state index is 12.1. The highest BCUT2D eigenvalue weighted by Crippen LogP contribution is 2.13. The van der Waals surface area contributed by atoms with Crippen LogP contribution in [0.5, 0.6) is 0 Å². The third-order valence-corrected chi connectivity index (χ3v) is 6.21. The van der Waals surface area contributed by atoms with Gasteiger partial charge in [0.1, 0.15) is 0 Å². The van der Waals surface area contributed by atoms with E-state index < -0.39 is 31.1 Å². The van der Waals surface area contributed by atoms with E-state index >= 15 is 0 Å². The lowest BCUT2D eigenvalue weighted by Gasteiger charge is -2.18. The third kappa shape index (κ3) is 4.46. The summed E-state index contributed by atoms with van der Waals surface area (Å²) in [6.45, 7) is 0.0563. The molecule has 0 radical (unpaired) electrons. The highest BCUT2D eigenvalue weighted by atomic mass is 32.3. The van der Waals surface area contributed by atoms with E-state index in [1.807, 2.05) is 0 Å². The number of ether oxygens (including phenoxy) is 1. The molecule has 0 aliphatic carbocycles. The van der Waals surface area contributed by atoms with Gasteiger partial charge in [-0.15, -0.1) is 0 Å². The Morgan fingerprint density at radius 1 is 1.09 bits per heavy atom. The fourth-order valence-corrected chi connectivity index (χ4v) is 4.55. The van der Waals surface area contributed by atoms with Crippen LogP contribution in [0, 0.1) is 0 Å². The van der Waals surface area contributed by atoms with Gasteiger partial charge in [-0.25, -0.2) is 13.2 Å².